The molecular formula is C18H16N6O4. The highest BCUT2D eigenvalue weighted by Gasteiger charge is 2.20. The van der Waals surface area contributed by atoms with Gasteiger partial charge in [0.05, 0.1) is 17.9 Å². The molecule has 0 aliphatic carbocycles. The van der Waals surface area contributed by atoms with Crippen molar-refractivity contribution >= 4 is 23.1 Å². The average molecular weight is 380 g/mol. The number of hydrogen-bond donors (Lipinski definition) is 2. The summed E-state index contributed by atoms with van der Waals surface area (Å²) in [6.45, 7) is 1.54. The van der Waals surface area contributed by atoms with E-state index < -0.39 is 0 Å². The number of nitrogens with zero attached hydrogens (tertiary/aromatic N) is 4. The van der Waals surface area contributed by atoms with Crippen LogP contribution in [0.15, 0.2) is 42.7 Å². The molecule has 0 saturated heterocycles. The van der Waals surface area contributed by atoms with E-state index in [9.17, 15) is 9.59 Å². The number of amides is 1. The first-order valence-corrected chi connectivity index (χ1v) is 8.42. The zero-order chi connectivity index (χ0) is 19.5. The van der Waals surface area contributed by atoms with Gasteiger partial charge in [-0.25, -0.2) is 4.68 Å². The Kier molecular flexibility index (Phi) is 4.58. The molecule has 0 unspecified atom stereocenters. The number of Topliss-reactive ketones (excluding diaryl/α,β-unsaturated/α-hetero) is 1. The van der Waals surface area contributed by atoms with Crippen molar-refractivity contribution in [3.8, 4) is 17.2 Å². The highest BCUT2D eigenvalue weighted by molar-refractivity contribution is 6.05. The van der Waals surface area contributed by atoms with Gasteiger partial charge >= 0.3 is 0 Å². The van der Waals surface area contributed by atoms with Crippen molar-refractivity contribution < 1.29 is 19.1 Å². The van der Waals surface area contributed by atoms with Crippen molar-refractivity contribution in [1.82, 2.24) is 20.2 Å². The first kappa shape index (κ1) is 17.5. The number of nitrogens with one attached hydrogen (secondary N) is 2. The molecule has 10 nitrogen and oxygen atoms in total. The molecule has 4 rings (SSSR count). The largest absolute Gasteiger partial charge is 0.454 e. The van der Waals surface area contributed by atoms with Gasteiger partial charge in [0.1, 0.15) is 6.33 Å². The molecule has 1 amide bonds. The van der Waals surface area contributed by atoms with Gasteiger partial charge in [-0.1, -0.05) is 0 Å². The summed E-state index contributed by atoms with van der Waals surface area (Å²) in [5.74, 6) is 0.501. The summed E-state index contributed by atoms with van der Waals surface area (Å²) in [7, 11) is 0. The summed E-state index contributed by atoms with van der Waals surface area (Å²) >= 11 is 0. The number of rotatable bonds is 6. The van der Waals surface area contributed by atoms with E-state index in [0.717, 1.165) is 11.4 Å². The highest BCUT2D eigenvalue weighted by atomic mass is 16.7. The molecule has 3 aromatic rings. The Morgan fingerprint density at radius 3 is 2.57 bits per heavy atom. The molecule has 142 valence electrons. The van der Waals surface area contributed by atoms with Crippen LogP contribution in [0.1, 0.15) is 17.3 Å². The number of carbonyl (C=O) groups is 2. The fraction of sp³-hybridized carbons (Fsp3) is 0.167. The van der Waals surface area contributed by atoms with Crippen LogP contribution in [0.2, 0.25) is 0 Å². The second kappa shape index (κ2) is 7.35. The Morgan fingerprint density at radius 2 is 1.89 bits per heavy atom. The van der Waals surface area contributed by atoms with Gasteiger partial charge in [0.2, 0.25) is 12.7 Å². The van der Waals surface area contributed by atoms with Gasteiger partial charge in [-0.05, 0) is 47.7 Å². The topological polar surface area (TPSA) is 120 Å². The third-order valence-corrected chi connectivity index (χ3v) is 4.10. The van der Waals surface area contributed by atoms with Gasteiger partial charge in [0.15, 0.2) is 17.3 Å². The Bertz CT molecular complexity index is 1020. The number of carbonyl (C=O) groups excluding carboxylic acids is 2. The molecule has 28 heavy (non-hydrogen) atoms. The predicted octanol–water partition coefficient (Wildman–Crippen LogP) is 1.64. The third-order valence-electron chi connectivity index (χ3n) is 4.10. The van der Waals surface area contributed by atoms with Crippen molar-refractivity contribution in [3.05, 3.63) is 48.3 Å². The molecule has 0 saturated carbocycles. The Balaban J connectivity index is 1.40. The number of ether oxygens (including phenoxy) is 2. The average Bonchev–Trinajstić information content (AvgIpc) is 3.37. The van der Waals surface area contributed by atoms with Gasteiger partial charge in [-0.2, -0.15) is 0 Å². The summed E-state index contributed by atoms with van der Waals surface area (Å²) in [6, 6.07) is 10.4. The SMILES string of the molecule is CC(=O)c1cc2c(cc1NC(=O)CNc1ccc(-n3cnnn3)cc1)OCO2. The highest BCUT2D eigenvalue weighted by Crippen LogP contribution is 2.37. The molecule has 0 spiro atoms. The summed E-state index contributed by atoms with van der Waals surface area (Å²) in [4.78, 5) is 24.2. The van der Waals surface area contributed by atoms with Crippen LogP contribution < -0.4 is 20.1 Å². The fourth-order valence-corrected chi connectivity index (χ4v) is 2.73. The van der Waals surface area contributed by atoms with E-state index in [-0.39, 0.29) is 25.0 Å². The van der Waals surface area contributed by atoms with Crippen molar-refractivity contribution in [2.24, 2.45) is 0 Å². The van der Waals surface area contributed by atoms with E-state index in [1.165, 1.54) is 17.9 Å². The second-order valence-corrected chi connectivity index (χ2v) is 6.01. The van der Waals surface area contributed by atoms with E-state index >= 15 is 0 Å². The van der Waals surface area contributed by atoms with E-state index in [1.54, 1.807) is 12.1 Å². The van der Waals surface area contributed by atoms with Gasteiger partial charge in [-0.15, -0.1) is 5.10 Å². The zero-order valence-corrected chi connectivity index (χ0v) is 14.9. The van der Waals surface area contributed by atoms with Crippen LogP contribution in [0.3, 0.4) is 0 Å². The summed E-state index contributed by atoms with van der Waals surface area (Å²) < 4.78 is 12.1. The molecule has 1 aromatic heterocycles. The van der Waals surface area contributed by atoms with Crippen LogP contribution in [0.25, 0.3) is 5.69 Å². The molecule has 0 fully saturated rings. The van der Waals surface area contributed by atoms with E-state index in [0.29, 0.717) is 22.7 Å². The van der Waals surface area contributed by atoms with E-state index in [4.69, 9.17) is 9.47 Å². The number of anilines is 2. The number of benzene rings is 2. The van der Waals surface area contributed by atoms with Crippen LogP contribution in [-0.2, 0) is 4.79 Å². The van der Waals surface area contributed by atoms with Crippen LogP contribution in [-0.4, -0.2) is 45.2 Å². The lowest BCUT2D eigenvalue weighted by molar-refractivity contribution is -0.114. The van der Waals surface area contributed by atoms with Crippen LogP contribution in [0, 0.1) is 0 Å². The zero-order valence-electron chi connectivity index (χ0n) is 14.9. The number of fused-ring (bicyclic) bond motifs is 1. The van der Waals surface area contributed by atoms with Crippen molar-refractivity contribution in [1.29, 1.82) is 0 Å². The van der Waals surface area contributed by atoms with Crippen molar-refractivity contribution in [3.63, 3.8) is 0 Å². The first-order valence-electron chi connectivity index (χ1n) is 8.42. The molecule has 10 heteroatoms. The molecule has 0 radical (unpaired) electrons. The molecule has 1 aliphatic heterocycles. The Labute approximate surface area is 159 Å². The minimum absolute atomic E-state index is 0.0238. The normalized spacial score (nSPS) is 11.9. The molecule has 2 aromatic carbocycles. The minimum atomic E-state index is -0.300. The maximum Gasteiger partial charge on any atom is 0.243 e. The maximum absolute atomic E-state index is 12.3. The van der Waals surface area contributed by atoms with Crippen molar-refractivity contribution in [2.75, 3.05) is 24.0 Å². The molecule has 1 aliphatic rings. The molecule has 2 heterocycles. The monoisotopic (exact) mass is 380 g/mol. The summed E-state index contributed by atoms with van der Waals surface area (Å²) in [5.41, 5.74) is 2.30. The predicted molar refractivity (Wildman–Crippen MR) is 98.8 cm³/mol. The number of hydrogen-bond acceptors (Lipinski definition) is 8. The van der Waals surface area contributed by atoms with Crippen LogP contribution in [0.5, 0.6) is 11.5 Å². The fourth-order valence-electron chi connectivity index (χ4n) is 2.73. The van der Waals surface area contributed by atoms with Crippen molar-refractivity contribution in [2.45, 2.75) is 6.92 Å². The smallest absolute Gasteiger partial charge is 0.243 e. The second-order valence-electron chi connectivity index (χ2n) is 6.01. The summed E-state index contributed by atoms with van der Waals surface area (Å²) in [6.07, 6.45) is 1.49. The maximum atomic E-state index is 12.3. The summed E-state index contributed by atoms with van der Waals surface area (Å²) in [5, 5.41) is 16.7. The molecule has 0 atom stereocenters. The standard InChI is InChI=1S/C18H16N6O4/c1-11(25)14-6-16-17(28-10-27-16)7-15(14)21-18(26)8-19-12-2-4-13(5-3-12)24-9-20-22-23-24/h2-7,9,19H,8,10H2,1H3,(H,21,26). The first-order chi connectivity index (χ1) is 13.6. The minimum Gasteiger partial charge on any atom is -0.454 e. The third kappa shape index (κ3) is 3.61. The lowest BCUT2D eigenvalue weighted by Crippen LogP contribution is -2.22. The van der Waals surface area contributed by atoms with Crippen LogP contribution >= 0.6 is 0 Å². The molecule has 2 N–H and O–H groups in total. The molecule has 0 bridgehead atoms. The van der Waals surface area contributed by atoms with Gasteiger partial charge < -0.3 is 20.1 Å². The van der Waals surface area contributed by atoms with Gasteiger partial charge in [-0.3, -0.25) is 9.59 Å². The Hall–Kier alpha value is -3.95. The number of ketones is 1. The number of aromatic nitrogens is 4. The quantitative estimate of drug-likeness (QED) is 0.619. The number of tetrazole rings is 1. The van der Waals surface area contributed by atoms with E-state index in [2.05, 4.69) is 26.2 Å². The van der Waals surface area contributed by atoms with Gasteiger partial charge in [0, 0.05) is 17.3 Å². The van der Waals surface area contributed by atoms with Gasteiger partial charge in [0.25, 0.3) is 0 Å². The lowest BCUT2D eigenvalue weighted by Gasteiger charge is -2.12. The molecular weight excluding hydrogens is 364 g/mol. The lowest BCUT2D eigenvalue weighted by atomic mass is 10.1. The van der Waals surface area contributed by atoms with E-state index in [1.807, 2.05) is 24.3 Å². The van der Waals surface area contributed by atoms with Crippen LogP contribution in [0.4, 0.5) is 11.4 Å². The Morgan fingerprint density at radius 1 is 1.14 bits per heavy atom.